The summed E-state index contributed by atoms with van der Waals surface area (Å²) in [6, 6.07) is 7.68. The fourth-order valence-corrected chi connectivity index (χ4v) is 3.02. The fraction of sp³-hybridized carbons (Fsp3) is 0.353. The number of carbonyl (C=O) groups is 1. The van der Waals surface area contributed by atoms with Crippen LogP contribution in [0.5, 0.6) is 0 Å². The van der Waals surface area contributed by atoms with Crippen molar-refractivity contribution in [2.75, 3.05) is 0 Å². The standard InChI is InChI=1S/C17H18ClN3O/c1-2-5-15-12(10-19-11-20-15)16(22)21-17(8-9-17)13-6-3-4-7-14(13)18/h3-4,6-7,10-11H,2,5,8-9H2,1H3,(H,21,22). The molecule has 22 heavy (non-hydrogen) atoms. The molecule has 0 unspecified atom stereocenters. The van der Waals surface area contributed by atoms with Crippen LogP contribution in [-0.4, -0.2) is 15.9 Å². The molecule has 2 aromatic rings. The van der Waals surface area contributed by atoms with Gasteiger partial charge < -0.3 is 5.32 Å². The summed E-state index contributed by atoms with van der Waals surface area (Å²) < 4.78 is 0. The van der Waals surface area contributed by atoms with E-state index >= 15 is 0 Å². The van der Waals surface area contributed by atoms with E-state index in [0.29, 0.717) is 10.6 Å². The number of rotatable bonds is 5. The fourth-order valence-electron chi connectivity index (χ4n) is 2.70. The third-order valence-electron chi connectivity index (χ3n) is 4.02. The molecule has 1 aliphatic carbocycles. The lowest BCUT2D eigenvalue weighted by Crippen LogP contribution is -2.35. The van der Waals surface area contributed by atoms with Crippen molar-refractivity contribution in [1.82, 2.24) is 15.3 Å². The van der Waals surface area contributed by atoms with E-state index in [1.165, 1.54) is 6.33 Å². The summed E-state index contributed by atoms with van der Waals surface area (Å²) in [5.74, 6) is -0.124. The first kappa shape index (κ1) is 15.0. The van der Waals surface area contributed by atoms with Crippen LogP contribution >= 0.6 is 11.6 Å². The van der Waals surface area contributed by atoms with Crippen molar-refractivity contribution in [2.45, 2.75) is 38.1 Å². The lowest BCUT2D eigenvalue weighted by molar-refractivity contribution is 0.0929. The smallest absolute Gasteiger partial charge is 0.255 e. The van der Waals surface area contributed by atoms with Gasteiger partial charge in [-0.2, -0.15) is 0 Å². The molecule has 0 radical (unpaired) electrons. The molecule has 1 saturated carbocycles. The minimum absolute atomic E-state index is 0.124. The van der Waals surface area contributed by atoms with Crippen LogP contribution in [0.1, 0.15) is 47.8 Å². The number of nitrogens with one attached hydrogen (secondary N) is 1. The van der Waals surface area contributed by atoms with E-state index in [1.807, 2.05) is 24.3 Å². The average Bonchev–Trinajstić information content (AvgIpc) is 3.29. The number of aryl methyl sites for hydroxylation is 1. The van der Waals surface area contributed by atoms with Crippen LogP contribution in [0, 0.1) is 0 Å². The molecule has 0 atom stereocenters. The summed E-state index contributed by atoms with van der Waals surface area (Å²) in [5, 5.41) is 3.83. The summed E-state index contributed by atoms with van der Waals surface area (Å²) in [6.45, 7) is 2.07. The molecule has 1 aromatic heterocycles. The number of halogens is 1. The van der Waals surface area contributed by atoms with E-state index in [2.05, 4.69) is 22.2 Å². The molecule has 1 heterocycles. The second-order valence-corrected chi connectivity index (χ2v) is 6.06. The predicted octanol–water partition coefficient (Wildman–Crippen LogP) is 3.50. The normalized spacial score (nSPS) is 15.4. The van der Waals surface area contributed by atoms with Gasteiger partial charge in [0.25, 0.3) is 5.91 Å². The van der Waals surface area contributed by atoms with Crippen molar-refractivity contribution in [3.63, 3.8) is 0 Å². The van der Waals surface area contributed by atoms with Gasteiger partial charge in [-0.3, -0.25) is 4.79 Å². The molecule has 114 valence electrons. The topological polar surface area (TPSA) is 54.9 Å². The monoisotopic (exact) mass is 315 g/mol. The lowest BCUT2D eigenvalue weighted by Gasteiger charge is -2.20. The molecule has 0 saturated heterocycles. The van der Waals surface area contributed by atoms with Crippen molar-refractivity contribution in [3.8, 4) is 0 Å². The lowest BCUT2D eigenvalue weighted by atomic mass is 10.0. The minimum Gasteiger partial charge on any atom is -0.342 e. The van der Waals surface area contributed by atoms with Gasteiger partial charge in [-0.05, 0) is 30.9 Å². The Hall–Kier alpha value is -1.94. The van der Waals surface area contributed by atoms with Gasteiger partial charge in [0.05, 0.1) is 16.8 Å². The highest BCUT2D eigenvalue weighted by Gasteiger charge is 2.47. The van der Waals surface area contributed by atoms with Crippen LogP contribution in [0.3, 0.4) is 0 Å². The Morgan fingerprint density at radius 3 is 2.82 bits per heavy atom. The first-order chi connectivity index (χ1) is 10.7. The van der Waals surface area contributed by atoms with Crippen LogP contribution in [0.4, 0.5) is 0 Å². The van der Waals surface area contributed by atoms with E-state index in [4.69, 9.17) is 11.6 Å². The molecule has 1 amide bonds. The second kappa shape index (κ2) is 6.05. The Labute approximate surface area is 134 Å². The number of benzene rings is 1. The maximum Gasteiger partial charge on any atom is 0.255 e. The summed E-state index contributed by atoms with van der Waals surface area (Å²) >= 11 is 6.28. The maximum absolute atomic E-state index is 12.6. The molecule has 1 N–H and O–H groups in total. The zero-order valence-electron chi connectivity index (χ0n) is 12.5. The Balaban J connectivity index is 1.85. The van der Waals surface area contributed by atoms with Crippen LogP contribution in [0.15, 0.2) is 36.8 Å². The Morgan fingerprint density at radius 2 is 2.14 bits per heavy atom. The van der Waals surface area contributed by atoms with Gasteiger partial charge in [-0.1, -0.05) is 43.1 Å². The number of amides is 1. The van der Waals surface area contributed by atoms with Crippen molar-refractivity contribution in [2.24, 2.45) is 0 Å². The molecule has 0 spiro atoms. The zero-order chi connectivity index (χ0) is 15.6. The number of nitrogens with zero attached hydrogens (tertiary/aromatic N) is 2. The minimum atomic E-state index is -0.339. The third kappa shape index (κ3) is 2.83. The molecule has 5 heteroatoms. The van der Waals surface area contributed by atoms with Crippen LogP contribution in [-0.2, 0) is 12.0 Å². The number of aromatic nitrogens is 2. The number of hydrogen-bond donors (Lipinski definition) is 1. The van der Waals surface area contributed by atoms with Crippen molar-refractivity contribution in [3.05, 3.63) is 58.6 Å². The van der Waals surface area contributed by atoms with Crippen molar-refractivity contribution in [1.29, 1.82) is 0 Å². The van der Waals surface area contributed by atoms with Gasteiger partial charge in [0, 0.05) is 11.2 Å². The molecule has 3 rings (SSSR count). The molecular weight excluding hydrogens is 298 g/mol. The average molecular weight is 316 g/mol. The van der Waals surface area contributed by atoms with E-state index in [1.54, 1.807) is 6.20 Å². The predicted molar refractivity (Wildman–Crippen MR) is 85.9 cm³/mol. The first-order valence-electron chi connectivity index (χ1n) is 7.53. The van der Waals surface area contributed by atoms with Gasteiger partial charge in [0.1, 0.15) is 6.33 Å². The molecular formula is C17H18ClN3O. The van der Waals surface area contributed by atoms with Crippen molar-refractivity contribution < 1.29 is 4.79 Å². The Morgan fingerprint density at radius 1 is 1.36 bits per heavy atom. The van der Waals surface area contributed by atoms with Gasteiger partial charge in [0.15, 0.2) is 0 Å². The van der Waals surface area contributed by atoms with Gasteiger partial charge >= 0.3 is 0 Å². The highest BCUT2D eigenvalue weighted by atomic mass is 35.5. The Kier molecular flexibility index (Phi) is 4.12. The third-order valence-corrected chi connectivity index (χ3v) is 4.35. The molecule has 1 aromatic carbocycles. The summed E-state index contributed by atoms with van der Waals surface area (Å²) in [7, 11) is 0. The van der Waals surface area contributed by atoms with E-state index in [-0.39, 0.29) is 11.4 Å². The quantitative estimate of drug-likeness (QED) is 0.918. The molecule has 0 bridgehead atoms. The second-order valence-electron chi connectivity index (χ2n) is 5.65. The maximum atomic E-state index is 12.6. The van der Waals surface area contributed by atoms with Crippen LogP contribution < -0.4 is 5.32 Å². The van der Waals surface area contributed by atoms with Crippen molar-refractivity contribution >= 4 is 17.5 Å². The van der Waals surface area contributed by atoms with E-state index in [9.17, 15) is 4.79 Å². The molecule has 1 aliphatic rings. The Bertz CT molecular complexity index is 698. The number of hydrogen-bond acceptors (Lipinski definition) is 3. The van der Waals surface area contributed by atoms with Crippen LogP contribution in [0.25, 0.3) is 0 Å². The van der Waals surface area contributed by atoms with Gasteiger partial charge in [0.2, 0.25) is 0 Å². The van der Waals surface area contributed by atoms with Gasteiger partial charge in [-0.15, -0.1) is 0 Å². The molecule has 4 nitrogen and oxygen atoms in total. The highest BCUT2D eigenvalue weighted by Crippen LogP contribution is 2.48. The highest BCUT2D eigenvalue weighted by molar-refractivity contribution is 6.31. The van der Waals surface area contributed by atoms with Gasteiger partial charge in [-0.25, -0.2) is 9.97 Å². The first-order valence-corrected chi connectivity index (χ1v) is 7.90. The zero-order valence-corrected chi connectivity index (χ0v) is 13.2. The molecule has 1 fully saturated rings. The number of carbonyl (C=O) groups excluding carboxylic acids is 1. The van der Waals surface area contributed by atoms with E-state index < -0.39 is 0 Å². The SMILES string of the molecule is CCCc1ncncc1C(=O)NC1(c2ccccc2Cl)CC1. The summed E-state index contributed by atoms with van der Waals surface area (Å²) in [6.07, 6.45) is 6.59. The van der Waals surface area contributed by atoms with E-state index in [0.717, 1.165) is 36.9 Å². The molecule has 0 aliphatic heterocycles. The largest absolute Gasteiger partial charge is 0.342 e. The summed E-state index contributed by atoms with van der Waals surface area (Å²) in [4.78, 5) is 20.9. The van der Waals surface area contributed by atoms with Crippen LogP contribution in [0.2, 0.25) is 5.02 Å². The summed E-state index contributed by atoms with van der Waals surface area (Å²) in [5.41, 5.74) is 2.00.